The first-order valence-corrected chi connectivity index (χ1v) is 6.40. The van der Waals surface area contributed by atoms with Gasteiger partial charge in [-0.25, -0.2) is 0 Å². The van der Waals surface area contributed by atoms with Crippen molar-refractivity contribution in [3.8, 4) is 0 Å². The average Bonchev–Trinajstić information content (AvgIpc) is 2.37. The highest BCUT2D eigenvalue weighted by Crippen LogP contribution is 2.09. The molecule has 0 saturated carbocycles. The largest absolute Gasteiger partial charge is 0.466 e. The van der Waals surface area contributed by atoms with E-state index in [-0.39, 0.29) is 12.2 Å². The zero-order valence-corrected chi connectivity index (χ0v) is 11.1. The Morgan fingerprint density at radius 3 is 2.56 bits per heavy atom. The molecule has 98 valence electrons. The Hall–Kier alpha value is -1.64. The Morgan fingerprint density at radius 2 is 1.89 bits per heavy atom. The summed E-state index contributed by atoms with van der Waals surface area (Å²) in [6.07, 6.45) is 1.96. The quantitative estimate of drug-likeness (QED) is 0.550. The molecule has 0 spiro atoms. The van der Waals surface area contributed by atoms with Crippen molar-refractivity contribution in [1.82, 2.24) is 0 Å². The van der Waals surface area contributed by atoms with Gasteiger partial charge in [-0.2, -0.15) is 0 Å². The second-order valence-electron chi connectivity index (χ2n) is 4.19. The number of benzene rings is 1. The number of ketones is 1. The van der Waals surface area contributed by atoms with E-state index in [1.807, 2.05) is 12.1 Å². The van der Waals surface area contributed by atoms with Crippen molar-refractivity contribution >= 4 is 11.8 Å². The van der Waals surface area contributed by atoms with Crippen molar-refractivity contribution in [2.45, 2.75) is 39.5 Å². The van der Waals surface area contributed by atoms with Gasteiger partial charge in [-0.1, -0.05) is 31.2 Å². The summed E-state index contributed by atoms with van der Waals surface area (Å²) in [5, 5.41) is 0. The van der Waals surface area contributed by atoms with Gasteiger partial charge in [0.05, 0.1) is 6.61 Å². The van der Waals surface area contributed by atoms with E-state index in [2.05, 4.69) is 19.1 Å². The predicted octanol–water partition coefficient (Wildman–Crippen LogP) is 2.70. The van der Waals surface area contributed by atoms with Crippen LogP contribution in [-0.2, 0) is 27.2 Å². The molecule has 0 fully saturated rings. The van der Waals surface area contributed by atoms with Crippen molar-refractivity contribution in [2.24, 2.45) is 0 Å². The molecule has 0 bridgehead atoms. The van der Waals surface area contributed by atoms with Crippen LogP contribution in [0, 0.1) is 0 Å². The molecule has 18 heavy (non-hydrogen) atoms. The van der Waals surface area contributed by atoms with E-state index in [0.29, 0.717) is 19.4 Å². The summed E-state index contributed by atoms with van der Waals surface area (Å²) in [6, 6.07) is 8.20. The fourth-order valence-corrected chi connectivity index (χ4v) is 1.75. The summed E-state index contributed by atoms with van der Waals surface area (Å²) >= 11 is 0. The average molecular weight is 248 g/mol. The summed E-state index contributed by atoms with van der Waals surface area (Å²) in [6.45, 7) is 4.16. The minimum absolute atomic E-state index is 0.0599. The first kappa shape index (κ1) is 14.4. The van der Waals surface area contributed by atoms with Crippen molar-refractivity contribution in [2.75, 3.05) is 6.61 Å². The number of Topliss-reactive ketones (excluding diaryl/α,β-unsaturated/α-hetero) is 1. The lowest BCUT2D eigenvalue weighted by Gasteiger charge is -2.04. The highest BCUT2D eigenvalue weighted by Gasteiger charge is 2.10. The van der Waals surface area contributed by atoms with E-state index in [1.54, 1.807) is 6.92 Å². The van der Waals surface area contributed by atoms with Crippen LogP contribution in [0.25, 0.3) is 0 Å². The van der Waals surface area contributed by atoms with Gasteiger partial charge < -0.3 is 4.74 Å². The molecule has 1 aromatic carbocycles. The van der Waals surface area contributed by atoms with Gasteiger partial charge in [0.1, 0.15) is 12.2 Å². The lowest BCUT2D eigenvalue weighted by molar-refractivity contribution is -0.145. The fraction of sp³-hybridized carbons (Fsp3) is 0.467. The summed E-state index contributed by atoms with van der Waals surface area (Å²) < 4.78 is 4.74. The molecule has 1 aromatic rings. The van der Waals surface area contributed by atoms with Crippen LogP contribution in [0.2, 0.25) is 0 Å². The van der Waals surface area contributed by atoms with Gasteiger partial charge in [0.2, 0.25) is 0 Å². The van der Waals surface area contributed by atoms with E-state index >= 15 is 0 Å². The van der Waals surface area contributed by atoms with Crippen LogP contribution in [0.3, 0.4) is 0 Å². The molecule has 1 rings (SSSR count). The SMILES string of the molecule is CCOC(=O)CC(=O)CCc1cccc(CC)c1. The van der Waals surface area contributed by atoms with Crippen molar-refractivity contribution < 1.29 is 14.3 Å². The maximum absolute atomic E-state index is 11.6. The lowest BCUT2D eigenvalue weighted by atomic mass is 10.0. The van der Waals surface area contributed by atoms with Crippen molar-refractivity contribution in [3.05, 3.63) is 35.4 Å². The van der Waals surface area contributed by atoms with E-state index in [1.165, 1.54) is 5.56 Å². The summed E-state index contributed by atoms with van der Waals surface area (Å²) in [4.78, 5) is 22.7. The zero-order chi connectivity index (χ0) is 13.4. The third-order valence-corrected chi connectivity index (χ3v) is 2.74. The summed E-state index contributed by atoms with van der Waals surface area (Å²) in [7, 11) is 0. The van der Waals surface area contributed by atoms with Crippen LogP contribution in [-0.4, -0.2) is 18.4 Å². The van der Waals surface area contributed by atoms with Crippen LogP contribution in [0.15, 0.2) is 24.3 Å². The Labute approximate surface area is 108 Å². The molecule has 0 aliphatic rings. The van der Waals surface area contributed by atoms with Gasteiger partial charge in [0.15, 0.2) is 0 Å². The fourth-order valence-electron chi connectivity index (χ4n) is 1.75. The molecule has 0 N–H and O–H groups in total. The van der Waals surface area contributed by atoms with Crippen LogP contribution in [0.5, 0.6) is 0 Å². The van der Waals surface area contributed by atoms with Gasteiger partial charge in [-0.15, -0.1) is 0 Å². The second kappa shape index (κ2) is 7.64. The molecule has 3 heteroatoms. The molecule has 0 aromatic heterocycles. The van der Waals surface area contributed by atoms with Gasteiger partial charge in [-0.3, -0.25) is 9.59 Å². The third kappa shape index (κ3) is 5.13. The van der Waals surface area contributed by atoms with Crippen LogP contribution < -0.4 is 0 Å². The van der Waals surface area contributed by atoms with Gasteiger partial charge in [0, 0.05) is 6.42 Å². The van der Waals surface area contributed by atoms with E-state index < -0.39 is 5.97 Å². The number of esters is 1. The van der Waals surface area contributed by atoms with Gasteiger partial charge in [0.25, 0.3) is 0 Å². The highest BCUT2D eigenvalue weighted by atomic mass is 16.5. The number of hydrogen-bond donors (Lipinski definition) is 0. The number of aryl methyl sites for hydroxylation is 2. The highest BCUT2D eigenvalue weighted by molar-refractivity contribution is 5.95. The first-order chi connectivity index (χ1) is 8.65. The standard InChI is InChI=1S/C15H20O3/c1-3-12-6-5-7-13(10-12)8-9-14(16)11-15(17)18-4-2/h5-7,10H,3-4,8-9,11H2,1-2H3. The molecular weight excluding hydrogens is 228 g/mol. The molecule has 0 aliphatic heterocycles. The third-order valence-electron chi connectivity index (χ3n) is 2.74. The van der Waals surface area contributed by atoms with E-state index in [0.717, 1.165) is 12.0 Å². The molecule has 0 amide bonds. The maximum Gasteiger partial charge on any atom is 0.313 e. The smallest absolute Gasteiger partial charge is 0.313 e. The Bertz CT molecular complexity index is 410. The normalized spacial score (nSPS) is 10.1. The number of rotatable bonds is 7. The zero-order valence-electron chi connectivity index (χ0n) is 11.1. The second-order valence-corrected chi connectivity index (χ2v) is 4.19. The molecule has 0 heterocycles. The number of ether oxygens (including phenoxy) is 1. The maximum atomic E-state index is 11.6. The molecule has 0 atom stereocenters. The molecule has 0 aliphatic carbocycles. The minimum atomic E-state index is -0.426. The molecule has 0 saturated heterocycles. The van der Waals surface area contributed by atoms with Crippen molar-refractivity contribution in [3.63, 3.8) is 0 Å². The summed E-state index contributed by atoms with van der Waals surface area (Å²) in [5.41, 5.74) is 2.41. The van der Waals surface area contributed by atoms with Crippen LogP contribution in [0.4, 0.5) is 0 Å². The number of carbonyl (C=O) groups excluding carboxylic acids is 2. The molecule has 0 radical (unpaired) electrons. The Morgan fingerprint density at radius 1 is 1.17 bits per heavy atom. The van der Waals surface area contributed by atoms with Crippen molar-refractivity contribution in [1.29, 1.82) is 0 Å². The van der Waals surface area contributed by atoms with Crippen LogP contribution >= 0.6 is 0 Å². The lowest BCUT2D eigenvalue weighted by Crippen LogP contribution is -2.11. The topological polar surface area (TPSA) is 43.4 Å². The first-order valence-electron chi connectivity index (χ1n) is 6.40. The monoisotopic (exact) mass is 248 g/mol. The van der Waals surface area contributed by atoms with E-state index in [9.17, 15) is 9.59 Å². The Balaban J connectivity index is 2.40. The van der Waals surface area contributed by atoms with Gasteiger partial charge >= 0.3 is 5.97 Å². The van der Waals surface area contributed by atoms with Crippen LogP contribution in [0.1, 0.15) is 37.8 Å². The van der Waals surface area contributed by atoms with Gasteiger partial charge in [-0.05, 0) is 30.9 Å². The molecule has 0 unspecified atom stereocenters. The molecule has 3 nitrogen and oxygen atoms in total. The molecular formula is C15H20O3. The number of hydrogen-bond acceptors (Lipinski definition) is 3. The predicted molar refractivity (Wildman–Crippen MR) is 70.4 cm³/mol. The minimum Gasteiger partial charge on any atom is -0.466 e. The summed E-state index contributed by atoms with van der Waals surface area (Å²) in [5.74, 6) is -0.486. The van der Waals surface area contributed by atoms with E-state index in [4.69, 9.17) is 4.74 Å². The number of carbonyl (C=O) groups is 2. The Kier molecular flexibility index (Phi) is 6.12.